The monoisotopic (exact) mass is 535 g/mol. The van der Waals surface area contributed by atoms with Gasteiger partial charge in [-0.3, -0.25) is 9.89 Å². The molecule has 0 aromatic heterocycles. The quantitative estimate of drug-likeness (QED) is 0.251. The first-order chi connectivity index (χ1) is 13.5. The Morgan fingerprint density at radius 3 is 2.62 bits per heavy atom. The van der Waals surface area contributed by atoms with Crippen molar-refractivity contribution in [1.29, 1.82) is 0 Å². The van der Waals surface area contributed by atoms with Crippen LogP contribution in [0.15, 0.2) is 35.3 Å². The van der Waals surface area contributed by atoms with Crippen molar-refractivity contribution in [1.82, 2.24) is 19.8 Å². The molecule has 7 nitrogen and oxygen atoms in total. The molecule has 1 aromatic rings. The molecule has 0 amide bonds. The normalized spacial score (nSPS) is 23.2. The van der Waals surface area contributed by atoms with Crippen LogP contribution in [0.1, 0.15) is 24.8 Å². The third-order valence-electron chi connectivity index (χ3n) is 5.70. The largest absolute Gasteiger partial charge is 0.355 e. The Morgan fingerprint density at radius 1 is 1.17 bits per heavy atom. The lowest BCUT2D eigenvalue weighted by Crippen LogP contribution is -2.57. The summed E-state index contributed by atoms with van der Waals surface area (Å²) in [6, 6.07) is 11.4. The molecule has 2 N–H and O–H groups in total. The van der Waals surface area contributed by atoms with E-state index in [-0.39, 0.29) is 24.0 Å². The van der Waals surface area contributed by atoms with Gasteiger partial charge in [0.15, 0.2) is 5.96 Å². The molecular weight excluding hydrogens is 501 g/mol. The lowest BCUT2D eigenvalue weighted by Gasteiger charge is -2.48. The molecule has 2 aliphatic rings. The maximum atomic E-state index is 11.2. The first kappa shape index (κ1) is 24.4. The van der Waals surface area contributed by atoms with E-state index in [9.17, 15) is 8.42 Å². The van der Waals surface area contributed by atoms with Gasteiger partial charge in [0.05, 0.1) is 6.26 Å². The molecule has 0 bridgehead atoms. The number of aliphatic imine (C=N–C) groups is 1. The number of likely N-dealkylation sites (tertiary alicyclic amines) is 2. The second kappa shape index (κ2) is 11.5. The van der Waals surface area contributed by atoms with E-state index in [2.05, 4.69) is 55.2 Å². The third kappa shape index (κ3) is 7.37. The number of hydrogen-bond acceptors (Lipinski definition) is 4. The van der Waals surface area contributed by atoms with Gasteiger partial charge in [-0.1, -0.05) is 30.3 Å². The lowest BCUT2D eigenvalue weighted by molar-refractivity contribution is 0.0373. The van der Waals surface area contributed by atoms with E-state index in [0.717, 1.165) is 32.0 Å². The standard InChI is InChI=1S/C20H33N5O2S.HI/c1-21-20(22-11-12-23-28(2,26)27)25-14-10-19-18(16-25)9-6-13-24(19)15-17-7-4-3-5-8-17;/h3-5,7-8,18-19,23H,6,9-16H2,1-2H3,(H,21,22);1H. The summed E-state index contributed by atoms with van der Waals surface area (Å²) in [6.45, 7) is 5.10. The number of guanidine groups is 1. The highest BCUT2D eigenvalue weighted by Gasteiger charge is 2.36. The first-order valence-corrected chi connectivity index (χ1v) is 12.0. The van der Waals surface area contributed by atoms with Crippen molar-refractivity contribution in [3.63, 3.8) is 0 Å². The molecule has 2 fully saturated rings. The van der Waals surface area contributed by atoms with Crippen molar-refractivity contribution in [3.05, 3.63) is 35.9 Å². The Morgan fingerprint density at radius 2 is 1.93 bits per heavy atom. The molecule has 0 radical (unpaired) electrons. The number of nitrogens with zero attached hydrogens (tertiary/aromatic N) is 3. The number of nitrogens with one attached hydrogen (secondary N) is 2. The SMILES string of the molecule is CN=C(NCCNS(C)(=O)=O)N1CCC2C(CCCN2Cc2ccccc2)C1.I. The summed E-state index contributed by atoms with van der Waals surface area (Å²) in [4.78, 5) is 9.40. The van der Waals surface area contributed by atoms with Crippen molar-refractivity contribution in [2.75, 3.05) is 46.0 Å². The summed E-state index contributed by atoms with van der Waals surface area (Å²) >= 11 is 0. The van der Waals surface area contributed by atoms with Crippen molar-refractivity contribution in [3.8, 4) is 0 Å². The highest BCUT2D eigenvalue weighted by Crippen LogP contribution is 2.31. The second-order valence-electron chi connectivity index (χ2n) is 7.80. The molecular formula is C20H34IN5O2S. The number of benzene rings is 1. The van der Waals surface area contributed by atoms with Crippen LogP contribution >= 0.6 is 24.0 Å². The van der Waals surface area contributed by atoms with E-state index >= 15 is 0 Å². The minimum absolute atomic E-state index is 0. The highest BCUT2D eigenvalue weighted by atomic mass is 127. The molecule has 2 heterocycles. The van der Waals surface area contributed by atoms with Gasteiger partial charge in [0, 0.05) is 45.8 Å². The average molecular weight is 535 g/mol. The van der Waals surface area contributed by atoms with Gasteiger partial charge in [0.2, 0.25) is 10.0 Å². The topological polar surface area (TPSA) is 77.0 Å². The van der Waals surface area contributed by atoms with Crippen LogP contribution in [-0.4, -0.2) is 76.2 Å². The van der Waals surface area contributed by atoms with Gasteiger partial charge in [-0.15, -0.1) is 24.0 Å². The number of hydrogen-bond donors (Lipinski definition) is 2. The fourth-order valence-corrected chi connectivity index (χ4v) is 4.93. The van der Waals surface area contributed by atoms with Gasteiger partial charge >= 0.3 is 0 Å². The molecule has 29 heavy (non-hydrogen) atoms. The summed E-state index contributed by atoms with van der Waals surface area (Å²) in [5.74, 6) is 1.52. The summed E-state index contributed by atoms with van der Waals surface area (Å²) in [7, 11) is -1.36. The number of halogens is 1. The van der Waals surface area contributed by atoms with E-state index in [4.69, 9.17) is 0 Å². The number of piperidine rings is 2. The minimum Gasteiger partial charge on any atom is -0.355 e. The molecule has 2 aliphatic heterocycles. The van der Waals surface area contributed by atoms with Crippen LogP contribution < -0.4 is 10.0 Å². The van der Waals surface area contributed by atoms with E-state index < -0.39 is 10.0 Å². The number of fused-ring (bicyclic) bond motifs is 1. The molecule has 0 aliphatic carbocycles. The van der Waals surface area contributed by atoms with Crippen molar-refractivity contribution in [2.45, 2.75) is 31.8 Å². The third-order valence-corrected chi connectivity index (χ3v) is 6.42. The molecule has 2 atom stereocenters. The molecule has 0 spiro atoms. The van der Waals surface area contributed by atoms with Gasteiger partial charge in [-0.25, -0.2) is 13.1 Å². The van der Waals surface area contributed by atoms with E-state index in [1.807, 2.05) is 0 Å². The first-order valence-electron chi connectivity index (χ1n) is 10.1. The Hall–Kier alpha value is -0.910. The van der Waals surface area contributed by atoms with Gasteiger partial charge < -0.3 is 10.2 Å². The van der Waals surface area contributed by atoms with Crippen LogP contribution in [0.25, 0.3) is 0 Å². The Labute approximate surface area is 192 Å². The maximum Gasteiger partial charge on any atom is 0.208 e. The number of rotatable bonds is 6. The smallest absolute Gasteiger partial charge is 0.208 e. The summed E-state index contributed by atoms with van der Waals surface area (Å²) in [5.41, 5.74) is 1.39. The number of sulfonamides is 1. The zero-order valence-electron chi connectivity index (χ0n) is 17.4. The fourth-order valence-electron chi connectivity index (χ4n) is 4.46. The van der Waals surface area contributed by atoms with E-state index in [1.54, 1.807) is 7.05 Å². The predicted molar refractivity (Wildman–Crippen MR) is 129 cm³/mol. The van der Waals surface area contributed by atoms with Crippen LogP contribution in [0.5, 0.6) is 0 Å². The van der Waals surface area contributed by atoms with Crippen molar-refractivity contribution in [2.24, 2.45) is 10.9 Å². The summed E-state index contributed by atoms with van der Waals surface area (Å²) in [6.07, 6.45) is 4.82. The van der Waals surface area contributed by atoms with Gasteiger partial charge in [0.25, 0.3) is 0 Å². The Balaban J connectivity index is 0.00000300. The van der Waals surface area contributed by atoms with Gasteiger partial charge in [-0.05, 0) is 37.3 Å². The molecule has 9 heteroatoms. The molecule has 2 saturated heterocycles. The average Bonchev–Trinajstić information content (AvgIpc) is 2.68. The maximum absolute atomic E-state index is 11.2. The van der Waals surface area contributed by atoms with Crippen LogP contribution in [0, 0.1) is 5.92 Å². The van der Waals surface area contributed by atoms with Crippen LogP contribution in [0.2, 0.25) is 0 Å². The zero-order valence-corrected chi connectivity index (χ0v) is 20.5. The zero-order chi connectivity index (χ0) is 20.0. The Kier molecular flexibility index (Phi) is 9.64. The minimum atomic E-state index is -3.15. The van der Waals surface area contributed by atoms with Crippen molar-refractivity contribution >= 4 is 40.0 Å². The van der Waals surface area contributed by atoms with Crippen LogP contribution in [0.3, 0.4) is 0 Å². The molecule has 1 aromatic carbocycles. The lowest BCUT2D eigenvalue weighted by atomic mass is 9.83. The summed E-state index contributed by atoms with van der Waals surface area (Å²) < 4.78 is 24.9. The van der Waals surface area contributed by atoms with Gasteiger partial charge in [-0.2, -0.15) is 0 Å². The summed E-state index contributed by atoms with van der Waals surface area (Å²) in [5, 5.41) is 3.29. The molecule has 2 unspecified atom stereocenters. The molecule has 3 rings (SSSR count). The predicted octanol–water partition coefficient (Wildman–Crippen LogP) is 1.72. The van der Waals surface area contributed by atoms with E-state index in [1.165, 1.54) is 31.2 Å². The van der Waals surface area contributed by atoms with Crippen LogP contribution in [0.4, 0.5) is 0 Å². The molecule has 164 valence electrons. The fraction of sp³-hybridized carbons (Fsp3) is 0.650. The van der Waals surface area contributed by atoms with Crippen molar-refractivity contribution < 1.29 is 8.42 Å². The second-order valence-corrected chi connectivity index (χ2v) is 9.63. The Bertz CT molecular complexity index is 759. The molecule has 0 saturated carbocycles. The van der Waals surface area contributed by atoms with Gasteiger partial charge in [0.1, 0.15) is 0 Å². The van der Waals surface area contributed by atoms with E-state index in [0.29, 0.717) is 25.0 Å². The highest BCUT2D eigenvalue weighted by molar-refractivity contribution is 14.0. The van der Waals surface area contributed by atoms with Crippen LogP contribution in [-0.2, 0) is 16.6 Å².